The van der Waals surface area contributed by atoms with Gasteiger partial charge in [0.25, 0.3) is 10.0 Å². The number of hydrogen-bond acceptors (Lipinski definition) is 3. The predicted molar refractivity (Wildman–Crippen MR) is 85.8 cm³/mol. The normalized spacial score (nSPS) is 13.2. The fourth-order valence-corrected chi connectivity index (χ4v) is 2.61. The van der Waals surface area contributed by atoms with Gasteiger partial charge in [0.1, 0.15) is 5.84 Å². The second-order valence-electron chi connectivity index (χ2n) is 4.43. The zero-order chi connectivity index (χ0) is 15.3. The molecule has 0 aliphatic heterocycles. The Morgan fingerprint density at radius 2 is 1.95 bits per heavy atom. The van der Waals surface area contributed by atoms with Gasteiger partial charge < -0.3 is 0 Å². The van der Waals surface area contributed by atoms with Crippen molar-refractivity contribution in [2.24, 2.45) is 4.99 Å². The van der Waals surface area contributed by atoms with Gasteiger partial charge in [-0.05, 0) is 44.5 Å². The first kappa shape index (κ1) is 17.0. The average Bonchev–Trinajstić information content (AvgIpc) is 2.29. The van der Waals surface area contributed by atoms with Gasteiger partial charge in [-0.3, -0.25) is 9.71 Å². The Morgan fingerprint density at radius 3 is 2.50 bits per heavy atom. The number of halogens is 2. The number of hydrogen-bond donors (Lipinski definition) is 1. The summed E-state index contributed by atoms with van der Waals surface area (Å²) in [6.07, 6.45) is 1.44. The van der Waals surface area contributed by atoms with Gasteiger partial charge >= 0.3 is 0 Å². The maximum atomic E-state index is 11.8. The van der Waals surface area contributed by atoms with E-state index < -0.39 is 10.0 Å². The van der Waals surface area contributed by atoms with E-state index in [1.807, 2.05) is 13.8 Å². The molecule has 4 nitrogen and oxygen atoms in total. The van der Waals surface area contributed by atoms with Gasteiger partial charge in [0.15, 0.2) is 0 Å². The summed E-state index contributed by atoms with van der Waals surface area (Å²) in [6.45, 7) is 5.33. The van der Waals surface area contributed by atoms with Crippen LogP contribution in [0.4, 0.5) is 0 Å². The molecule has 0 aliphatic carbocycles. The van der Waals surface area contributed by atoms with Crippen molar-refractivity contribution in [2.75, 3.05) is 0 Å². The summed E-state index contributed by atoms with van der Waals surface area (Å²) >= 11 is 11.6. The number of nitrogens with zero attached hydrogens (tertiary/aromatic N) is 1. The van der Waals surface area contributed by atoms with E-state index in [1.165, 1.54) is 6.08 Å². The lowest BCUT2D eigenvalue weighted by Gasteiger charge is -2.05. The summed E-state index contributed by atoms with van der Waals surface area (Å²) in [5.41, 5.74) is 0.642. The van der Waals surface area contributed by atoms with Crippen molar-refractivity contribution < 1.29 is 8.42 Å². The molecule has 0 saturated heterocycles. The van der Waals surface area contributed by atoms with Gasteiger partial charge in [0.05, 0.1) is 15.5 Å². The zero-order valence-electron chi connectivity index (χ0n) is 11.4. The molecule has 0 atom stereocenters. The van der Waals surface area contributed by atoms with Gasteiger partial charge in [-0.2, -0.15) is 0 Å². The van der Waals surface area contributed by atoms with E-state index in [9.17, 15) is 8.42 Å². The lowest BCUT2D eigenvalue weighted by Crippen LogP contribution is -2.27. The molecule has 1 N–H and O–H groups in total. The van der Waals surface area contributed by atoms with Crippen LogP contribution in [0.5, 0.6) is 0 Å². The quantitative estimate of drug-likeness (QED) is 0.673. The Hall–Kier alpha value is -1.04. The van der Waals surface area contributed by atoms with E-state index >= 15 is 0 Å². The SMILES string of the molecule is CC(=NC(C)C)NS(=O)(=O)C=Cc1ccc(Cl)c(Cl)c1. The van der Waals surface area contributed by atoms with E-state index in [4.69, 9.17) is 23.2 Å². The maximum absolute atomic E-state index is 11.8. The van der Waals surface area contributed by atoms with Crippen molar-refractivity contribution in [1.29, 1.82) is 0 Å². The van der Waals surface area contributed by atoms with Crippen LogP contribution < -0.4 is 4.72 Å². The largest absolute Gasteiger partial charge is 0.269 e. The molecule has 0 aromatic heterocycles. The molecule has 0 fully saturated rings. The highest BCUT2D eigenvalue weighted by Gasteiger charge is 2.06. The minimum atomic E-state index is -3.59. The highest BCUT2D eigenvalue weighted by atomic mass is 35.5. The monoisotopic (exact) mass is 334 g/mol. The van der Waals surface area contributed by atoms with Crippen molar-refractivity contribution in [3.05, 3.63) is 39.2 Å². The molecule has 20 heavy (non-hydrogen) atoms. The molecular formula is C13H16Cl2N2O2S. The fraction of sp³-hybridized carbons (Fsp3) is 0.308. The highest BCUT2D eigenvalue weighted by molar-refractivity contribution is 7.93. The van der Waals surface area contributed by atoms with Crippen LogP contribution in [-0.4, -0.2) is 20.3 Å². The Bertz CT molecular complexity index is 638. The van der Waals surface area contributed by atoms with E-state index in [0.717, 1.165) is 5.41 Å². The number of sulfonamides is 1. The molecule has 110 valence electrons. The molecule has 0 aliphatic rings. The summed E-state index contributed by atoms with van der Waals surface area (Å²) in [5, 5.41) is 1.85. The van der Waals surface area contributed by atoms with Crippen LogP contribution in [0.2, 0.25) is 10.0 Å². The molecule has 0 unspecified atom stereocenters. The highest BCUT2D eigenvalue weighted by Crippen LogP contribution is 2.23. The van der Waals surface area contributed by atoms with Gasteiger partial charge in [-0.25, -0.2) is 8.42 Å². The second kappa shape index (κ2) is 7.11. The molecule has 0 bridgehead atoms. The summed E-state index contributed by atoms with van der Waals surface area (Å²) in [5.74, 6) is 0.346. The number of nitrogens with one attached hydrogen (secondary N) is 1. The Morgan fingerprint density at radius 1 is 1.30 bits per heavy atom. The lowest BCUT2D eigenvalue weighted by atomic mass is 10.2. The molecule has 1 rings (SSSR count). The van der Waals surface area contributed by atoms with Crippen molar-refractivity contribution in [1.82, 2.24) is 4.72 Å². The minimum Gasteiger partial charge on any atom is -0.269 e. The molecule has 0 spiro atoms. The number of rotatable bonds is 4. The predicted octanol–water partition coefficient (Wildman–Crippen LogP) is 3.71. The number of amidine groups is 1. The molecule has 0 amide bonds. The number of aliphatic imine (C=N–C) groups is 1. The van der Waals surface area contributed by atoms with Crippen LogP contribution in [0.3, 0.4) is 0 Å². The van der Waals surface area contributed by atoms with Crippen molar-refractivity contribution in [3.63, 3.8) is 0 Å². The van der Waals surface area contributed by atoms with Crippen LogP contribution in [-0.2, 0) is 10.0 Å². The van der Waals surface area contributed by atoms with E-state index in [1.54, 1.807) is 25.1 Å². The maximum Gasteiger partial charge on any atom is 0.255 e. The first-order chi connectivity index (χ1) is 9.19. The first-order valence-corrected chi connectivity index (χ1v) is 8.20. The molecule has 0 saturated carbocycles. The Balaban J connectivity index is 2.85. The average molecular weight is 335 g/mol. The summed E-state index contributed by atoms with van der Waals surface area (Å²) < 4.78 is 26.0. The van der Waals surface area contributed by atoms with Crippen LogP contribution in [0.15, 0.2) is 28.6 Å². The van der Waals surface area contributed by atoms with E-state index in [-0.39, 0.29) is 6.04 Å². The van der Waals surface area contributed by atoms with Crippen molar-refractivity contribution in [3.8, 4) is 0 Å². The smallest absolute Gasteiger partial charge is 0.255 e. The van der Waals surface area contributed by atoms with Crippen LogP contribution in [0.1, 0.15) is 26.3 Å². The van der Waals surface area contributed by atoms with Crippen molar-refractivity contribution in [2.45, 2.75) is 26.8 Å². The van der Waals surface area contributed by atoms with Crippen LogP contribution in [0, 0.1) is 0 Å². The standard InChI is InChI=1S/C13H16Cl2N2O2S/c1-9(2)16-10(3)17-20(18,19)7-6-11-4-5-12(14)13(15)8-11/h4-9H,1-3H3,(H,16,17). The molecular weight excluding hydrogens is 319 g/mol. The molecule has 1 aromatic carbocycles. The third-order valence-corrected chi connectivity index (χ3v) is 3.94. The fourth-order valence-electron chi connectivity index (χ4n) is 1.44. The van der Waals surface area contributed by atoms with Gasteiger partial charge in [-0.1, -0.05) is 29.3 Å². The van der Waals surface area contributed by atoms with Gasteiger partial charge in [0, 0.05) is 6.04 Å². The summed E-state index contributed by atoms with van der Waals surface area (Å²) in [4.78, 5) is 4.10. The molecule has 0 radical (unpaired) electrons. The van der Waals surface area contributed by atoms with E-state index in [0.29, 0.717) is 21.4 Å². The zero-order valence-corrected chi connectivity index (χ0v) is 13.7. The summed E-state index contributed by atoms with van der Waals surface area (Å²) in [6, 6.07) is 4.90. The minimum absolute atomic E-state index is 0.0248. The third kappa shape index (κ3) is 5.94. The Kier molecular flexibility index (Phi) is 6.05. The molecule has 7 heteroatoms. The first-order valence-electron chi connectivity index (χ1n) is 5.90. The van der Waals surface area contributed by atoms with Crippen molar-refractivity contribution >= 4 is 45.1 Å². The van der Waals surface area contributed by atoms with E-state index in [2.05, 4.69) is 9.71 Å². The number of benzene rings is 1. The van der Waals surface area contributed by atoms with Crippen LogP contribution >= 0.6 is 23.2 Å². The lowest BCUT2D eigenvalue weighted by molar-refractivity contribution is 0.601. The third-order valence-electron chi connectivity index (χ3n) is 2.13. The Labute approximate surface area is 129 Å². The second-order valence-corrected chi connectivity index (χ2v) is 6.81. The van der Waals surface area contributed by atoms with Crippen LogP contribution in [0.25, 0.3) is 6.08 Å². The molecule has 1 aromatic rings. The molecule has 0 heterocycles. The van der Waals surface area contributed by atoms with Gasteiger partial charge in [-0.15, -0.1) is 0 Å². The summed E-state index contributed by atoms with van der Waals surface area (Å²) in [7, 11) is -3.59. The van der Waals surface area contributed by atoms with Gasteiger partial charge in [0.2, 0.25) is 0 Å². The topological polar surface area (TPSA) is 58.5 Å².